The van der Waals surface area contributed by atoms with Crippen molar-refractivity contribution in [3.63, 3.8) is 0 Å². The molecule has 4 aliphatic rings. The molecule has 4 bridgehead atoms. The van der Waals surface area contributed by atoms with E-state index in [-0.39, 0.29) is 36.3 Å². The van der Waals surface area contributed by atoms with Crippen molar-refractivity contribution in [2.24, 2.45) is 5.92 Å². The van der Waals surface area contributed by atoms with Crippen LogP contribution in [0.4, 0.5) is 0 Å². The van der Waals surface area contributed by atoms with Gasteiger partial charge in [0, 0.05) is 12.3 Å². The van der Waals surface area contributed by atoms with Crippen LogP contribution in [0.3, 0.4) is 0 Å². The molecule has 4 aliphatic heterocycles. The van der Waals surface area contributed by atoms with Gasteiger partial charge in [-0.1, -0.05) is 42.5 Å². The number of ether oxygens (including phenoxy) is 3. The smallest absolute Gasteiger partial charge is 0.307 e. The summed E-state index contributed by atoms with van der Waals surface area (Å²) in [4.78, 5) is 12.7. The lowest BCUT2D eigenvalue weighted by Crippen LogP contribution is -2.42. The maximum absolute atomic E-state index is 12.7. The molecule has 3 fully saturated rings. The lowest BCUT2D eigenvalue weighted by molar-refractivity contribution is -0.169. The zero-order valence-corrected chi connectivity index (χ0v) is 13.6. The van der Waals surface area contributed by atoms with Gasteiger partial charge in [-0.05, 0) is 24.8 Å². The molecular weight excluding hydrogens is 304 g/mol. The summed E-state index contributed by atoms with van der Waals surface area (Å²) in [5.41, 5.74) is 0.463. The van der Waals surface area contributed by atoms with Gasteiger partial charge in [0.15, 0.2) is 5.60 Å². The molecule has 5 rings (SSSR count). The first-order valence-corrected chi connectivity index (χ1v) is 8.99. The standard InChI is InChI=1S/C20H22O4/c21-19(11-13-10-15-6-8-17(13)22-15)24-20(14-4-2-1-3-5-14)12-16-7-9-18(20)23-16/h1-6,8,13,15-18H,7,9-12H2. The van der Waals surface area contributed by atoms with Crippen LogP contribution in [-0.2, 0) is 24.6 Å². The van der Waals surface area contributed by atoms with Crippen molar-refractivity contribution in [1.82, 2.24) is 0 Å². The van der Waals surface area contributed by atoms with E-state index in [1.807, 2.05) is 18.2 Å². The predicted molar refractivity (Wildman–Crippen MR) is 87.2 cm³/mol. The van der Waals surface area contributed by atoms with E-state index in [9.17, 15) is 4.79 Å². The Morgan fingerprint density at radius 1 is 1.17 bits per heavy atom. The normalized spacial score (nSPS) is 41.9. The van der Waals surface area contributed by atoms with E-state index < -0.39 is 5.60 Å². The first-order chi connectivity index (χ1) is 11.7. The molecule has 24 heavy (non-hydrogen) atoms. The summed E-state index contributed by atoms with van der Waals surface area (Å²) in [6.07, 6.45) is 8.85. The van der Waals surface area contributed by atoms with Crippen LogP contribution in [0.2, 0.25) is 0 Å². The molecule has 1 aromatic rings. The summed E-state index contributed by atoms with van der Waals surface area (Å²) in [6.45, 7) is 0. The number of hydrogen-bond acceptors (Lipinski definition) is 4. The highest BCUT2D eigenvalue weighted by molar-refractivity contribution is 5.71. The fourth-order valence-electron chi connectivity index (χ4n) is 4.88. The van der Waals surface area contributed by atoms with Crippen LogP contribution in [0.25, 0.3) is 0 Å². The minimum atomic E-state index is -0.602. The molecule has 3 saturated heterocycles. The molecule has 1 aromatic carbocycles. The van der Waals surface area contributed by atoms with Crippen LogP contribution in [0, 0.1) is 5.92 Å². The van der Waals surface area contributed by atoms with Gasteiger partial charge < -0.3 is 14.2 Å². The minimum absolute atomic E-state index is 0.00924. The maximum Gasteiger partial charge on any atom is 0.307 e. The Kier molecular flexibility index (Phi) is 3.32. The highest BCUT2D eigenvalue weighted by Crippen LogP contribution is 2.50. The fraction of sp³-hybridized carbons (Fsp3) is 0.550. The molecule has 0 radical (unpaired) electrons. The zero-order chi connectivity index (χ0) is 16.1. The predicted octanol–water partition coefficient (Wildman–Crippen LogP) is 3.11. The Morgan fingerprint density at radius 3 is 2.67 bits per heavy atom. The van der Waals surface area contributed by atoms with Gasteiger partial charge in [0.25, 0.3) is 0 Å². The second-order valence-corrected chi connectivity index (χ2v) is 7.48. The molecule has 0 N–H and O–H groups in total. The number of fused-ring (bicyclic) bond motifs is 4. The summed E-state index contributed by atoms with van der Waals surface area (Å²) < 4.78 is 18.0. The molecule has 0 spiro atoms. The monoisotopic (exact) mass is 326 g/mol. The number of carbonyl (C=O) groups is 1. The summed E-state index contributed by atoms with van der Waals surface area (Å²) in [5.74, 6) is 0.129. The molecule has 0 amide bonds. The maximum atomic E-state index is 12.7. The molecule has 0 aromatic heterocycles. The van der Waals surface area contributed by atoms with Crippen LogP contribution in [0.1, 0.15) is 37.7 Å². The number of carbonyl (C=O) groups excluding carboxylic acids is 1. The van der Waals surface area contributed by atoms with Gasteiger partial charge in [-0.2, -0.15) is 0 Å². The van der Waals surface area contributed by atoms with Crippen molar-refractivity contribution in [3.05, 3.63) is 48.0 Å². The van der Waals surface area contributed by atoms with Gasteiger partial charge in [0.05, 0.1) is 24.7 Å². The second-order valence-electron chi connectivity index (χ2n) is 7.48. The molecular formula is C20H22O4. The fourth-order valence-corrected chi connectivity index (χ4v) is 4.88. The molecule has 6 atom stereocenters. The van der Waals surface area contributed by atoms with Gasteiger partial charge in [-0.3, -0.25) is 4.79 Å². The Bertz CT molecular complexity index is 669. The summed E-state index contributed by atoms with van der Waals surface area (Å²) in [6, 6.07) is 10.1. The molecule has 0 saturated carbocycles. The third-order valence-corrected chi connectivity index (χ3v) is 5.99. The molecule has 0 aliphatic carbocycles. The van der Waals surface area contributed by atoms with Crippen LogP contribution in [0.15, 0.2) is 42.5 Å². The van der Waals surface area contributed by atoms with Gasteiger partial charge in [-0.25, -0.2) is 0 Å². The van der Waals surface area contributed by atoms with E-state index in [1.165, 1.54) is 0 Å². The Balaban J connectivity index is 1.36. The Hall–Kier alpha value is -1.65. The third kappa shape index (κ3) is 2.24. The van der Waals surface area contributed by atoms with Crippen LogP contribution < -0.4 is 0 Å². The van der Waals surface area contributed by atoms with Crippen molar-refractivity contribution in [2.45, 2.75) is 62.1 Å². The highest BCUT2D eigenvalue weighted by atomic mass is 16.6. The van der Waals surface area contributed by atoms with E-state index in [4.69, 9.17) is 14.2 Å². The first-order valence-electron chi connectivity index (χ1n) is 8.99. The van der Waals surface area contributed by atoms with Gasteiger partial charge in [-0.15, -0.1) is 0 Å². The number of hydrogen-bond donors (Lipinski definition) is 0. The Labute approximate surface area is 141 Å². The Morgan fingerprint density at radius 2 is 2.04 bits per heavy atom. The summed E-state index contributed by atoms with van der Waals surface area (Å²) in [7, 11) is 0. The third-order valence-electron chi connectivity index (χ3n) is 5.99. The molecule has 4 heterocycles. The number of rotatable bonds is 4. The van der Waals surface area contributed by atoms with Gasteiger partial charge in [0.1, 0.15) is 6.10 Å². The topological polar surface area (TPSA) is 44.8 Å². The van der Waals surface area contributed by atoms with E-state index in [0.29, 0.717) is 6.42 Å². The second kappa shape index (κ2) is 5.43. The SMILES string of the molecule is O=C(CC1CC2C=CC1O2)OC1(c2ccccc2)CC2CCC1O2. The molecule has 6 unspecified atom stereocenters. The lowest BCUT2D eigenvalue weighted by atomic mass is 9.79. The van der Waals surface area contributed by atoms with Crippen LogP contribution >= 0.6 is 0 Å². The van der Waals surface area contributed by atoms with E-state index in [2.05, 4.69) is 24.3 Å². The first kappa shape index (κ1) is 14.7. The van der Waals surface area contributed by atoms with E-state index in [1.54, 1.807) is 0 Å². The lowest BCUT2D eigenvalue weighted by Gasteiger charge is -2.35. The number of benzene rings is 1. The molecule has 4 nitrogen and oxygen atoms in total. The summed E-state index contributed by atoms with van der Waals surface area (Å²) in [5, 5.41) is 0. The van der Waals surface area contributed by atoms with Crippen molar-refractivity contribution in [2.75, 3.05) is 0 Å². The molecule has 126 valence electrons. The van der Waals surface area contributed by atoms with Crippen molar-refractivity contribution in [1.29, 1.82) is 0 Å². The van der Waals surface area contributed by atoms with Crippen molar-refractivity contribution < 1.29 is 19.0 Å². The van der Waals surface area contributed by atoms with Crippen LogP contribution in [-0.4, -0.2) is 30.4 Å². The van der Waals surface area contributed by atoms with Gasteiger partial charge >= 0.3 is 5.97 Å². The molecule has 4 heteroatoms. The van der Waals surface area contributed by atoms with E-state index >= 15 is 0 Å². The average molecular weight is 326 g/mol. The average Bonchev–Trinajstić information content (AvgIpc) is 3.36. The number of esters is 1. The minimum Gasteiger partial charge on any atom is -0.451 e. The summed E-state index contributed by atoms with van der Waals surface area (Å²) >= 11 is 0. The quantitative estimate of drug-likeness (QED) is 0.630. The van der Waals surface area contributed by atoms with E-state index in [0.717, 1.165) is 31.2 Å². The van der Waals surface area contributed by atoms with Crippen LogP contribution in [0.5, 0.6) is 0 Å². The van der Waals surface area contributed by atoms with Gasteiger partial charge in [0.2, 0.25) is 0 Å². The largest absolute Gasteiger partial charge is 0.451 e. The zero-order valence-electron chi connectivity index (χ0n) is 13.6. The highest BCUT2D eigenvalue weighted by Gasteiger charge is 2.56. The van der Waals surface area contributed by atoms with Crippen molar-refractivity contribution in [3.8, 4) is 0 Å². The van der Waals surface area contributed by atoms with Crippen molar-refractivity contribution >= 4 is 5.97 Å².